The zero-order valence-electron chi connectivity index (χ0n) is 13.1. The second kappa shape index (κ2) is 6.36. The van der Waals surface area contributed by atoms with Gasteiger partial charge in [-0.1, -0.05) is 19.8 Å². The molecule has 1 saturated heterocycles. The van der Waals surface area contributed by atoms with E-state index in [1.54, 1.807) is 0 Å². The highest BCUT2D eigenvalue weighted by molar-refractivity contribution is 5.79. The monoisotopic (exact) mass is 289 g/mol. The Bertz CT molecular complexity index is 422. The number of nitrogens with zero attached hydrogens (tertiary/aromatic N) is 3. The summed E-state index contributed by atoms with van der Waals surface area (Å²) in [7, 11) is 0. The van der Waals surface area contributed by atoms with E-state index in [0.29, 0.717) is 17.7 Å². The van der Waals surface area contributed by atoms with Crippen molar-refractivity contribution in [2.45, 2.75) is 51.5 Å². The van der Waals surface area contributed by atoms with Crippen molar-refractivity contribution >= 4 is 5.91 Å². The van der Waals surface area contributed by atoms with Crippen LogP contribution in [0.1, 0.15) is 45.4 Å². The summed E-state index contributed by atoms with van der Waals surface area (Å²) in [5, 5.41) is 9.26. The maximum Gasteiger partial charge on any atom is 0.226 e. The average Bonchev–Trinajstić information content (AvgIpc) is 3.15. The number of hydrogen-bond acceptors (Lipinski definition) is 3. The molecule has 3 aliphatic rings. The highest BCUT2D eigenvalue weighted by Gasteiger charge is 2.44. The Hall–Kier alpha value is -1.08. The van der Waals surface area contributed by atoms with Gasteiger partial charge in [-0.2, -0.15) is 5.26 Å². The second-order valence-corrected chi connectivity index (χ2v) is 7.08. The van der Waals surface area contributed by atoms with Crippen LogP contribution in [0.2, 0.25) is 0 Å². The van der Waals surface area contributed by atoms with Gasteiger partial charge in [0.25, 0.3) is 0 Å². The van der Waals surface area contributed by atoms with Gasteiger partial charge >= 0.3 is 0 Å². The highest BCUT2D eigenvalue weighted by Crippen LogP contribution is 2.48. The third-order valence-corrected chi connectivity index (χ3v) is 5.83. The molecule has 1 amide bonds. The molecule has 0 aromatic carbocycles. The van der Waals surface area contributed by atoms with Crippen LogP contribution in [-0.2, 0) is 4.79 Å². The normalized spacial score (nSPS) is 33.9. The van der Waals surface area contributed by atoms with E-state index in [1.807, 2.05) is 0 Å². The number of piperazine rings is 1. The lowest BCUT2D eigenvalue weighted by Crippen LogP contribution is -2.53. The summed E-state index contributed by atoms with van der Waals surface area (Å²) >= 11 is 0. The lowest BCUT2D eigenvalue weighted by Gasteiger charge is -2.38. The summed E-state index contributed by atoms with van der Waals surface area (Å²) in [5.74, 6) is 2.23. The van der Waals surface area contributed by atoms with Gasteiger partial charge in [0, 0.05) is 32.1 Å². The number of fused-ring (bicyclic) bond motifs is 2. The number of hydrogen-bond donors (Lipinski definition) is 0. The Morgan fingerprint density at radius 2 is 2.00 bits per heavy atom. The van der Waals surface area contributed by atoms with Crippen LogP contribution >= 0.6 is 0 Å². The largest absolute Gasteiger partial charge is 0.340 e. The van der Waals surface area contributed by atoms with E-state index in [9.17, 15) is 10.1 Å². The topological polar surface area (TPSA) is 47.3 Å². The number of carbonyl (C=O) groups excluding carboxylic acids is 1. The summed E-state index contributed by atoms with van der Waals surface area (Å²) in [4.78, 5) is 17.0. The molecule has 3 fully saturated rings. The van der Waals surface area contributed by atoms with Crippen molar-refractivity contribution in [3.8, 4) is 6.07 Å². The molecule has 0 radical (unpaired) electrons. The van der Waals surface area contributed by atoms with Gasteiger partial charge in [-0.15, -0.1) is 0 Å². The zero-order chi connectivity index (χ0) is 14.8. The van der Waals surface area contributed by atoms with Crippen LogP contribution < -0.4 is 0 Å². The molecular formula is C17H27N3O. The number of nitriles is 1. The lowest BCUT2D eigenvalue weighted by atomic mass is 9.87. The fourth-order valence-electron chi connectivity index (χ4n) is 4.64. The lowest BCUT2D eigenvalue weighted by molar-refractivity contribution is -0.139. The Morgan fingerprint density at radius 3 is 2.52 bits per heavy atom. The van der Waals surface area contributed by atoms with Crippen molar-refractivity contribution in [1.82, 2.24) is 9.80 Å². The molecule has 1 heterocycles. The first-order chi connectivity index (χ1) is 10.2. The molecule has 4 unspecified atom stereocenters. The van der Waals surface area contributed by atoms with Gasteiger partial charge in [-0.25, -0.2) is 0 Å². The first kappa shape index (κ1) is 14.8. The summed E-state index contributed by atoms with van der Waals surface area (Å²) in [5.41, 5.74) is 0. The SMILES string of the molecule is CCCC(C#N)N1CCN(C(=O)C2CC3CCC2C3)CC1. The van der Waals surface area contributed by atoms with Gasteiger partial charge in [-0.3, -0.25) is 9.69 Å². The standard InChI is InChI=1S/C17H27N3O/c1-2-3-15(12-18)19-6-8-20(9-7-19)17(21)16-11-13-4-5-14(16)10-13/h13-16H,2-11H2,1H3. The van der Waals surface area contributed by atoms with E-state index < -0.39 is 0 Å². The number of carbonyl (C=O) groups is 1. The summed E-state index contributed by atoms with van der Waals surface area (Å²) < 4.78 is 0. The van der Waals surface area contributed by atoms with Crippen LogP contribution in [0.4, 0.5) is 0 Å². The Labute approximate surface area is 128 Å². The molecule has 2 aliphatic carbocycles. The predicted molar refractivity (Wildman–Crippen MR) is 81.4 cm³/mol. The molecule has 0 spiro atoms. The van der Waals surface area contributed by atoms with Crippen molar-refractivity contribution in [3.63, 3.8) is 0 Å². The zero-order valence-corrected chi connectivity index (χ0v) is 13.1. The van der Waals surface area contributed by atoms with Gasteiger partial charge in [0.1, 0.15) is 0 Å². The van der Waals surface area contributed by atoms with Crippen LogP contribution in [0.15, 0.2) is 0 Å². The van der Waals surface area contributed by atoms with Crippen LogP contribution in [0.3, 0.4) is 0 Å². The van der Waals surface area contributed by atoms with Crippen LogP contribution in [0.25, 0.3) is 0 Å². The number of rotatable bonds is 4. The van der Waals surface area contributed by atoms with Crippen LogP contribution in [0.5, 0.6) is 0 Å². The van der Waals surface area contributed by atoms with Crippen molar-refractivity contribution < 1.29 is 4.79 Å². The van der Waals surface area contributed by atoms with E-state index in [0.717, 1.165) is 51.4 Å². The molecule has 0 aromatic rings. The molecule has 21 heavy (non-hydrogen) atoms. The summed E-state index contributed by atoms with van der Waals surface area (Å²) in [6, 6.07) is 2.45. The molecule has 4 nitrogen and oxygen atoms in total. The third kappa shape index (κ3) is 2.94. The van der Waals surface area contributed by atoms with Crippen molar-refractivity contribution in [2.24, 2.45) is 17.8 Å². The van der Waals surface area contributed by atoms with E-state index in [1.165, 1.54) is 19.3 Å². The fraction of sp³-hybridized carbons (Fsp3) is 0.882. The van der Waals surface area contributed by atoms with E-state index >= 15 is 0 Å². The molecule has 116 valence electrons. The fourth-order valence-corrected chi connectivity index (χ4v) is 4.64. The van der Waals surface area contributed by atoms with Crippen LogP contribution in [0, 0.1) is 29.1 Å². The minimum Gasteiger partial charge on any atom is -0.340 e. The van der Waals surface area contributed by atoms with Crippen LogP contribution in [-0.4, -0.2) is 47.9 Å². The smallest absolute Gasteiger partial charge is 0.226 e. The molecule has 0 N–H and O–H groups in total. The molecule has 2 bridgehead atoms. The van der Waals surface area contributed by atoms with Gasteiger partial charge in [0.05, 0.1) is 12.1 Å². The third-order valence-electron chi connectivity index (χ3n) is 5.83. The molecule has 3 rings (SSSR count). The first-order valence-corrected chi connectivity index (χ1v) is 8.65. The van der Waals surface area contributed by atoms with E-state index in [2.05, 4.69) is 22.8 Å². The predicted octanol–water partition coefficient (Wildman–Crippen LogP) is 2.26. The van der Waals surface area contributed by atoms with Crippen molar-refractivity contribution in [1.29, 1.82) is 5.26 Å². The highest BCUT2D eigenvalue weighted by atomic mass is 16.2. The van der Waals surface area contributed by atoms with Gasteiger partial charge in [0.2, 0.25) is 5.91 Å². The molecule has 2 saturated carbocycles. The van der Waals surface area contributed by atoms with Crippen molar-refractivity contribution in [3.05, 3.63) is 0 Å². The molecule has 0 aromatic heterocycles. The van der Waals surface area contributed by atoms with E-state index in [-0.39, 0.29) is 6.04 Å². The average molecular weight is 289 g/mol. The van der Waals surface area contributed by atoms with Gasteiger partial charge in [0.15, 0.2) is 0 Å². The Balaban J connectivity index is 1.51. The maximum absolute atomic E-state index is 12.7. The van der Waals surface area contributed by atoms with Crippen molar-refractivity contribution in [2.75, 3.05) is 26.2 Å². The maximum atomic E-state index is 12.7. The molecule has 4 heteroatoms. The Kier molecular flexibility index (Phi) is 4.49. The molecule has 4 atom stereocenters. The quantitative estimate of drug-likeness (QED) is 0.797. The minimum absolute atomic E-state index is 0.0368. The van der Waals surface area contributed by atoms with E-state index in [4.69, 9.17) is 0 Å². The Morgan fingerprint density at radius 1 is 1.24 bits per heavy atom. The molecule has 1 aliphatic heterocycles. The minimum atomic E-state index is 0.0368. The first-order valence-electron chi connectivity index (χ1n) is 8.65. The number of amides is 1. The second-order valence-electron chi connectivity index (χ2n) is 7.08. The van der Waals surface area contributed by atoms with Gasteiger partial charge in [-0.05, 0) is 37.5 Å². The molecular weight excluding hydrogens is 262 g/mol. The summed E-state index contributed by atoms with van der Waals surface area (Å²) in [6.45, 7) is 5.48. The van der Waals surface area contributed by atoms with Gasteiger partial charge < -0.3 is 4.90 Å². The summed E-state index contributed by atoms with van der Waals surface area (Å²) in [6.07, 6.45) is 7.04.